The fourth-order valence-electron chi connectivity index (χ4n) is 2.74. The van der Waals surface area contributed by atoms with Crippen molar-refractivity contribution in [1.29, 1.82) is 0 Å². The maximum Gasteiger partial charge on any atom is 0.116 e. The second-order valence-electron chi connectivity index (χ2n) is 4.40. The number of hydrogen-bond acceptors (Lipinski definition) is 1. The number of alkyl halides is 1. The van der Waals surface area contributed by atoms with E-state index in [0.717, 1.165) is 31.2 Å². The topological polar surface area (TPSA) is 20.2 Å². The summed E-state index contributed by atoms with van der Waals surface area (Å²) in [5.41, 5.74) is 0.767. The Labute approximate surface area is 89.9 Å². The van der Waals surface area contributed by atoms with E-state index in [4.69, 9.17) is 0 Å². The molecule has 1 nitrogen and oxygen atoms in total. The van der Waals surface area contributed by atoms with Crippen molar-refractivity contribution in [3.63, 3.8) is 0 Å². The van der Waals surface area contributed by atoms with Crippen LogP contribution in [0.4, 0.5) is 4.39 Å². The second-order valence-corrected chi connectivity index (χ2v) is 4.40. The highest BCUT2D eigenvalue weighted by Gasteiger charge is 2.41. The summed E-state index contributed by atoms with van der Waals surface area (Å²) >= 11 is 0. The summed E-state index contributed by atoms with van der Waals surface area (Å²) in [6.45, 7) is -0.644. The Kier molecular flexibility index (Phi) is 3.06. The quantitative estimate of drug-likeness (QED) is 0.809. The molecule has 1 atom stereocenters. The van der Waals surface area contributed by atoms with E-state index in [2.05, 4.69) is 0 Å². The molecule has 0 bridgehead atoms. The third-order valence-corrected chi connectivity index (χ3v) is 3.63. The Balaban J connectivity index is 2.35. The van der Waals surface area contributed by atoms with E-state index in [-0.39, 0.29) is 5.41 Å². The monoisotopic (exact) mass is 208 g/mol. The largest absolute Gasteiger partial charge is 0.389 e. The highest BCUT2D eigenvalue weighted by molar-refractivity contribution is 5.28. The van der Waals surface area contributed by atoms with Crippen LogP contribution in [0.2, 0.25) is 0 Å². The molecule has 1 N–H and O–H groups in total. The van der Waals surface area contributed by atoms with E-state index in [0.29, 0.717) is 0 Å². The fraction of sp³-hybridized carbons (Fsp3) is 0.538. The maximum atomic E-state index is 12.7. The molecule has 1 unspecified atom stereocenters. The SMILES string of the molecule is OC(CF)C1(c2ccccc2)CCCC1. The molecule has 0 heterocycles. The predicted molar refractivity (Wildman–Crippen MR) is 58.6 cm³/mol. The van der Waals surface area contributed by atoms with Gasteiger partial charge in [0.25, 0.3) is 0 Å². The normalized spacial score (nSPS) is 21.5. The van der Waals surface area contributed by atoms with Crippen molar-refractivity contribution in [2.24, 2.45) is 0 Å². The van der Waals surface area contributed by atoms with Crippen LogP contribution in [-0.2, 0) is 5.41 Å². The standard InChI is InChI=1S/C13H17FO/c14-10-12(15)13(8-4-5-9-13)11-6-2-1-3-7-11/h1-3,6-7,12,15H,4-5,8-10H2. The van der Waals surface area contributed by atoms with Gasteiger partial charge < -0.3 is 5.11 Å². The fourth-order valence-corrected chi connectivity index (χ4v) is 2.74. The van der Waals surface area contributed by atoms with Crippen molar-refractivity contribution in [3.05, 3.63) is 35.9 Å². The summed E-state index contributed by atoms with van der Waals surface area (Å²) in [4.78, 5) is 0. The zero-order valence-corrected chi connectivity index (χ0v) is 8.82. The van der Waals surface area contributed by atoms with Gasteiger partial charge in [0.15, 0.2) is 0 Å². The van der Waals surface area contributed by atoms with Crippen LogP contribution >= 0.6 is 0 Å². The molecule has 0 saturated heterocycles. The van der Waals surface area contributed by atoms with E-state index in [1.807, 2.05) is 30.3 Å². The summed E-state index contributed by atoms with van der Waals surface area (Å²) in [5.74, 6) is 0. The molecule has 15 heavy (non-hydrogen) atoms. The molecule has 0 radical (unpaired) electrons. The summed E-state index contributed by atoms with van der Waals surface area (Å²) in [6, 6.07) is 9.88. The second kappa shape index (κ2) is 4.31. The van der Waals surface area contributed by atoms with Crippen LogP contribution in [0.15, 0.2) is 30.3 Å². The third-order valence-electron chi connectivity index (χ3n) is 3.63. The minimum Gasteiger partial charge on any atom is -0.389 e. The molecular weight excluding hydrogens is 191 g/mol. The molecule has 2 rings (SSSR count). The Morgan fingerprint density at radius 2 is 1.80 bits per heavy atom. The Morgan fingerprint density at radius 1 is 1.20 bits per heavy atom. The molecule has 1 aliphatic carbocycles. The number of halogens is 1. The first-order valence-electron chi connectivity index (χ1n) is 5.59. The Morgan fingerprint density at radius 3 is 2.33 bits per heavy atom. The summed E-state index contributed by atoms with van der Waals surface area (Å²) in [5, 5.41) is 9.89. The first-order chi connectivity index (χ1) is 7.29. The summed E-state index contributed by atoms with van der Waals surface area (Å²) in [6.07, 6.45) is 3.14. The van der Waals surface area contributed by atoms with Crippen LogP contribution in [0, 0.1) is 0 Å². The molecule has 1 saturated carbocycles. The van der Waals surface area contributed by atoms with Crippen LogP contribution < -0.4 is 0 Å². The number of hydrogen-bond donors (Lipinski definition) is 1. The highest BCUT2D eigenvalue weighted by atomic mass is 19.1. The lowest BCUT2D eigenvalue weighted by Gasteiger charge is -2.33. The number of aliphatic hydroxyl groups excluding tert-OH is 1. The minimum absolute atomic E-state index is 0.323. The first-order valence-corrected chi connectivity index (χ1v) is 5.59. The van der Waals surface area contributed by atoms with Crippen LogP contribution in [-0.4, -0.2) is 17.9 Å². The lowest BCUT2D eigenvalue weighted by atomic mass is 9.74. The number of benzene rings is 1. The van der Waals surface area contributed by atoms with Crippen LogP contribution in [0.5, 0.6) is 0 Å². The van der Waals surface area contributed by atoms with Crippen LogP contribution in [0.3, 0.4) is 0 Å². The van der Waals surface area contributed by atoms with Gasteiger partial charge in [0.05, 0.1) is 6.10 Å². The van der Waals surface area contributed by atoms with Crippen LogP contribution in [0.1, 0.15) is 31.2 Å². The van der Waals surface area contributed by atoms with Gasteiger partial charge in [0, 0.05) is 5.41 Å². The Bertz CT molecular complexity index is 304. The molecule has 1 fully saturated rings. The van der Waals surface area contributed by atoms with Gasteiger partial charge in [0.1, 0.15) is 6.67 Å². The molecule has 0 amide bonds. The molecule has 82 valence electrons. The minimum atomic E-state index is -0.845. The predicted octanol–water partition coefficient (Wildman–Crippen LogP) is 2.83. The molecular formula is C13H17FO. The number of aliphatic hydroxyl groups is 1. The van der Waals surface area contributed by atoms with Crippen molar-refractivity contribution in [2.75, 3.05) is 6.67 Å². The zero-order chi connectivity index (χ0) is 10.7. The van der Waals surface area contributed by atoms with Crippen molar-refractivity contribution in [1.82, 2.24) is 0 Å². The number of rotatable bonds is 3. The van der Waals surface area contributed by atoms with E-state index in [1.54, 1.807) is 0 Å². The van der Waals surface area contributed by atoms with Gasteiger partial charge in [-0.15, -0.1) is 0 Å². The van der Waals surface area contributed by atoms with Gasteiger partial charge in [-0.2, -0.15) is 0 Å². The molecule has 1 aromatic carbocycles. The molecule has 2 heteroatoms. The summed E-state index contributed by atoms with van der Waals surface area (Å²) in [7, 11) is 0. The van der Waals surface area contributed by atoms with Gasteiger partial charge in [-0.05, 0) is 18.4 Å². The van der Waals surface area contributed by atoms with Crippen LogP contribution in [0.25, 0.3) is 0 Å². The average molecular weight is 208 g/mol. The molecule has 0 aliphatic heterocycles. The van der Waals surface area contributed by atoms with E-state index in [9.17, 15) is 9.50 Å². The highest BCUT2D eigenvalue weighted by Crippen LogP contribution is 2.43. The van der Waals surface area contributed by atoms with Gasteiger partial charge in [-0.1, -0.05) is 43.2 Å². The third kappa shape index (κ3) is 1.78. The zero-order valence-electron chi connectivity index (χ0n) is 8.82. The van der Waals surface area contributed by atoms with Crippen molar-refractivity contribution < 1.29 is 9.50 Å². The van der Waals surface area contributed by atoms with Crippen molar-refractivity contribution in [3.8, 4) is 0 Å². The lowest BCUT2D eigenvalue weighted by Crippen LogP contribution is -2.38. The Hall–Kier alpha value is -0.890. The maximum absolute atomic E-state index is 12.7. The smallest absolute Gasteiger partial charge is 0.116 e. The van der Waals surface area contributed by atoms with E-state index < -0.39 is 12.8 Å². The lowest BCUT2D eigenvalue weighted by molar-refractivity contribution is 0.0585. The molecule has 0 spiro atoms. The summed E-state index contributed by atoms with van der Waals surface area (Å²) < 4.78 is 12.7. The van der Waals surface area contributed by atoms with E-state index >= 15 is 0 Å². The molecule has 1 aliphatic rings. The van der Waals surface area contributed by atoms with Crippen molar-refractivity contribution >= 4 is 0 Å². The average Bonchev–Trinajstić information content (AvgIpc) is 2.79. The van der Waals surface area contributed by atoms with Crippen molar-refractivity contribution in [2.45, 2.75) is 37.2 Å². The first kappa shape index (κ1) is 10.6. The van der Waals surface area contributed by atoms with Gasteiger partial charge in [-0.25, -0.2) is 4.39 Å². The van der Waals surface area contributed by atoms with Gasteiger partial charge in [0.2, 0.25) is 0 Å². The van der Waals surface area contributed by atoms with E-state index in [1.165, 1.54) is 0 Å². The molecule has 1 aromatic rings. The van der Waals surface area contributed by atoms with Gasteiger partial charge in [-0.3, -0.25) is 0 Å². The van der Waals surface area contributed by atoms with Gasteiger partial charge >= 0.3 is 0 Å². The molecule has 0 aromatic heterocycles.